The molecule has 0 aliphatic rings. The van der Waals surface area contributed by atoms with Crippen molar-refractivity contribution in [3.8, 4) is 0 Å². The summed E-state index contributed by atoms with van der Waals surface area (Å²) in [7, 11) is 0. The van der Waals surface area contributed by atoms with Gasteiger partial charge in [0, 0.05) is 6.08 Å². The second kappa shape index (κ2) is 3.88. The summed E-state index contributed by atoms with van der Waals surface area (Å²) in [6.07, 6.45) is 3.09. The molecule has 0 aromatic heterocycles. The quantitative estimate of drug-likeness (QED) is 0.470. The minimum absolute atomic E-state index is 0.801. The van der Waals surface area contributed by atoms with E-state index < -0.39 is 5.97 Å². The van der Waals surface area contributed by atoms with Crippen LogP contribution >= 0.6 is 0 Å². The van der Waals surface area contributed by atoms with E-state index in [-0.39, 0.29) is 0 Å². The summed E-state index contributed by atoms with van der Waals surface area (Å²) >= 11 is 0. The zero-order valence-electron chi connectivity index (χ0n) is 6.51. The van der Waals surface area contributed by atoms with Crippen LogP contribution in [0.3, 0.4) is 0 Å². The van der Waals surface area contributed by atoms with Crippen molar-refractivity contribution in [1.29, 1.82) is 0 Å². The van der Waals surface area contributed by atoms with Gasteiger partial charge in [-0.3, -0.25) is 0 Å². The van der Waals surface area contributed by atoms with Crippen LogP contribution < -0.4 is 0 Å². The van der Waals surface area contributed by atoms with Crippen molar-refractivity contribution in [3.05, 3.63) is 23.3 Å². The van der Waals surface area contributed by atoms with Gasteiger partial charge in [-0.15, -0.1) is 0 Å². The van der Waals surface area contributed by atoms with E-state index in [1.807, 2.05) is 19.9 Å². The lowest BCUT2D eigenvalue weighted by Crippen LogP contribution is -1.90. The van der Waals surface area contributed by atoms with Crippen LogP contribution in [0.2, 0.25) is 0 Å². The molecule has 0 saturated heterocycles. The van der Waals surface area contributed by atoms with E-state index in [2.05, 4.69) is 0 Å². The van der Waals surface area contributed by atoms with Crippen LogP contribution in [0.4, 0.5) is 0 Å². The number of carbonyl (C=O) groups is 1. The fraction of sp³-hybridized carbons (Fsp3) is 0.375. The zero-order valence-corrected chi connectivity index (χ0v) is 6.51. The molecule has 0 heterocycles. The van der Waals surface area contributed by atoms with Gasteiger partial charge in [0.1, 0.15) is 0 Å². The van der Waals surface area contributed by atoms with Crippen LogP contribution in [0.15, 0.2) is 23.3 Å². The Morgan fingerprint density at radius 3 is 2.10 bits per heavy atom. The van der Waals surface area contributed by atoms with Gasteiger partial charge in [0.25, 0.3) is 0 Å². The van der Waals surface area contributed by atoms with Crippen molar-refractivity contribution in [1.82, 2.24) is 0 Å². The first-order valence-corrected chi connectivity index (χ1v) is 3.12. The summed E-state index contributed by atoms with van der Waals surface area (Å²) < 4.78 is 0. The minimum atomic E-state index is -0.890. The molecule has 10 heavy (non-hydrogen) atoms. The van der Waals surface area contributed by atoms with Crippen molar-refractivity contribution in [3.63, 3.8) is 0 Å². The summed E-state index contributed by atoms with van der Waals surface area (Å²) in [6.45, 7) is 5.55. The van der Waals surface area contributed by atoms with Gasteiger partial charge in [-0.2, -0.15) is 0 Å². The fourth-order valence-corrected chi connectivity index (χ4v) is 0.527. The van der Waals surface area contributed by atoms with Gasteiger partial charge in [-0.1, -0.05) is 11.6 Å². The fourth-order valence-electron chi connectivity index (χ4n) is 0.527. The molecule has 0 radical (unpaired) electrons. The first-order valence-electron chi connectivity index (χ1n) is 3.12. The topological polar surface area (TPSA) is 37.3 Å². The summed E-state index contributed by atoms with van der Waals surface area (Å²) in [4.78, 5) is 10.1. The second-order valence-electron chi connectivity index (χ2n) is 2.14. The third-order valence-electron chi connectivity index (χ3n) is 1.40. The molecule has 0 saturated carbocycles. The van der Waals surface area contributed by atoms with Gasteiger partial charge >= 0.3 is 5.97 Å². The molecule has 0 bridgehead atoms. The first kappa shape index (κ1) is 8.95. The summed E-state index contributed by atoms with van der Waals surface area (Å²) in [5, 5.41) is 8.32. The van der Waals surface area contributed by atoms with Crippen LogP contribution in [-0.4, -0.2) is 11.1 Å². The summed E-state index contributed by atoms with van der Waals surface area (Å²) in [5.41, 5.74) is 1.80. The predicted molar refractivity (Wildman–Crippen MR) is 40.8 cm³/mol. The molecule has 1 N–H and O–H groups in total. The van der Waals surface area contributed by atoms with Gasteiger partial charge in [0.2, 0.25) is 0 Å². The van der Waals surface area contributed by atoms with Crippen molar-refractivity contribution in [2.24, 2.45) is 0 Å². The normalized spacial score (nSPS) is 13.5. The largest absolute Gasteiger partial charge is 0.478 e. The smallest absolute Gasteiger partial charge is 0.328 e. The van der Waals surface area contributed by atoms with Crippen molar-refractivity contribution < 1.29 is 9.90 Å². The van der Waals surface area contributed by atoms with Crippen LogP contribution in [0.25, 0.3) is 0 Å². The Morgan fingerprint density at radius 2 is 1.80 bits per heavy atom. The van der Waals surface area contributed by atoms with Crippen molar-refractivity contribution in [2.45, 2.75) is 20.8 Å². The third kappa shape index (κ3) is 3.07. The lowest BCUT2D eigenvalue weighted by Gasteiger charge is -1.96. The molecule has 2 nitrogen and oxygen atoms in total. The summed E-state index contributed by atoms with van der Waals surface area (Å²) in [5.74, 6) is -0.890. The second-order valence-corrected chi connectivity index (χ2v) is 2.14. The molecular weight excluding hydrogens is 128 g/mol. The molecule has 0 aromatic carbocycles. The van der Waals surface area contributed by atoms with Crippen LogP contribution in [0, 0.1) is 0 Å². The molecule has 0 unspecified atom stereocenters. The van der Waals surface area contributed by atoms with Crippen LogP contribution in [0.5, 0.6) is 0 Å². The lowest BCUT2D eigenvalue weighted by molar-refractivity contribution is -0.131. The maximum Gasteiger partial charge on any atom is 0.328 e. The molecular formula is C8H12O2. The van der Waals surface area contributed by atoms with Gasteiger partial charge in [0.05, 0.1) is 0 Å². The first-order chi connectivity index (χ1) is 4.57. The Morgan fingerprint density at radius 1 is 1.30 bits per heavy atom. The van der Waals surface area contributed by atoms with Crippen LogP contribution in [-0.2, 0) is 4.79 Å². The Balaban J connectivity index is 4.35. The average Bonchev–Trinajstić information content (AvgIpc) is 1.85. The van der Waals surface area contributed by atoms with E-state index >= 15 is 0 Å². The number of carboxylic acid groups (broad SMARTS) is 1. The van der Waals surface area contributed by atoms with E-state index in [1.165, 1.54) is 6.08 Å². The molecule has 0 fully saturated rings. The Kier molecular flexibility index (Phi) is 3.47. The number of rotatable bonds is 2. The molecule has 0 amide bonds. The maximum absolute atomic E-state index is 10.1. The number of carboxylic acids is 1. The highest BCUT2D eigenvalue weighted by Crippen LogP contribution is 2.06. The molecule has 2 heteroatoms. The highest BCUT2D eigenvalue weighted by molar-refractivity contribution is 5.81. The molecule has 0 atom stereocenters. The monoisotopic (exact) mass is 140 g/mol. The molecule has 0 aliphatic carbocycles. The highest BCUT2D eigenvalue weighted by Gasteiger charge is 1.93. The van der Waals surface area contributed by atoms with E-state index in [4.69, 9.17) is 5.11 Å². The van der Waals surface area contributed by atoms with Crippen LogP contribution in [0.1, 0.15) is 20.8 Å². The SMILES string of the molecule is C/C=C(C)\C(C)=C\C(=O)O. The summed E-state index contributed by atoms with van der Waals surface area (Å²) in [6, 6.07) is 0. The Bertz CT molecular complexity index is 187. The van der Waals surface area contributed by atoms with E-state index in [1.54, 1.807) is 6.92 Å². The van der Waals surface area contributed by atoms with E-state index in [0.717, 1.165) is 11.1 Å². The van der Waals surface area contributed by atoms with Gasteiger partial charge in [0.15, 0.2) is 0 Å². The molecule has 56 valence electrons. The number of allylic oxidation sites excluding steroid dienone is 3. The predicted octanol–water partition coefficient (Wildman–Crippen LogP) is 1.98. The molecule has 0 rings (SSSR count). The van der Waals surface area contributed by atoms with Gasteiger partial charge < -0.3 is 5.11 Å². The molecule has 0 aromatic rings. The number of hydrogen-bond donors (Lipinski definition) is 1. The lowest BCUT2D eigenvalue weighted by atomic mass is 10.1. The average molecular weight is 140 g/mol. The number of hydrogen-bond acceptors (Lipinski definition) is 1. The number of aliphatic carboxylic acids is 1. The highest BCUT2D eigenvalue weighted by atomic mass is 16.4. The standard InChI is InChI=1S/C8H12O2/c1-4-6(2)7(3)5-8(9)10/h4-5H,1-3H3,(H,9,10)/b6-4-,7-5+. The van der Waals surface area contributed by atoms with Gasteiger partial charge in [-0.25, -0.2) is 4.79 Å². The zero-order chi connectivity index (χ0) is 8.15. The van der Waals surface area contributed by atoms with E-state index in [9.17, 15) is 4.79 Å². The van der Waals surface area contributed by atoms with Crippen molar-refractivity contribution in [2.75, 3.05) is 0 Å². The van der Waals surface area contributed by atoms with E-state index in [0.29, 0.717) is 0 Å². The van der Waals surface area contributed by atoms with Gasteiger partial charge in [-0.05, 0) is 26.3 Å². The third-order valence-corrected chi connectivity index (χ3v) is 1.40. The molecule has 0 aliphatic heterocycles. The maximum atomic E-state index is 10.1. The molecule has 0 spiro atoms. The minimum Gasteiger partial charge on any atom is -0.478 e. The Labute approximate surface area is 60.9 Å². The Hall–Kier alpha value is -1.05. The van der Waals surface area contributed by atoms with Crippen molar-refractivity contribution >= 4 is 5.97 Å².